The maximum Gasteiger partial charge on any atom is 0.435 e. The van der Waals surface area contributed by atoms with Crippen LogP contribution in [0.4, 0.5) is 19.0 Å². The molecule has 29 heavy (non-hydrogen) atoms. The standard InChI is InChI=1S/C19H15ClF3N5O/c1-28-17(26-18(29)13-8-9-24-16(25-13)11-2-3-11)14(15(27-28)19(21,22)23)10-4-6-12(20)7-5-10/h4-9,11H,2-3H2,1H3,(H,26,29). The molecule has 3 aromatic rings. The number of carbonyl (C=O) groups is 1. The average molecular weight is 422 g/mol. The molecular formula is C19H15ClF3N5O. The van der Waals surface area contributed by atoms with Crippen molar-refractivity contribution in [3.05, 3.63) is 58.8 Å². The van der Waals surface area contributed by atoms with Gasteiger partial charge in [-0.2, -0.15) is 18.3 Å². The number of amides is 1. The van der Waals surface area contributed by atoms with Crippen molar-refractivity contribution in [1.82, 2.24) is 19.7 Å². The predicted molar refractivity (Wildman–Crippen MR) is 101 cm³/mol. The second kappa shape index (κ2) is 7.14. The van der Waals surface area contributed by atoms with Crippen LogP contribution in [0.2, 0.25) is 5.02 Å². The molecule has 1 aliphatic rings. The van der Waals surface area contributed by atoms with Crippen LogP contribution in [0.1, 0.15) is 40.8 Å². The molecular weight excluding hydrogens is 407 g/mol. The first-order chi connectivity index (χ1) is 13.7. The van der Waals surface area contributed by atoms with Crippen molar-refractivity contribution in [2.45, 2.75) is 24.9 Å². The van der Waals surface area contributed by atoms with E-state index in [1.165, 1.54) is 43.6 Å². The molecule has 1 aliphatic carbocycles. The highest BCUT2D eigenvalue weighted by molar-refractivity contribution is 6.30. The van der Waals surface area contributed by atoms with Crippen LogP contribution in [-0.2, 0) is 13.2 Å². The maximum atomic E-state index is 13.6. The molecule has 0 aliphatic heterocycles. The van der Waals surface area contributed by atoms with Crippen molar-refractivity contribution in [1.29, 1.82) is 0 Å². The van der Waals surface area contributed by atoms with Crippen LogP contribution in [0, 0.1) is 0 Å². The second-order valence-electron chi connectivity index (χ2n) is 6.73. The van der Waals surface area contributed by atoms with E-state index in [-0.39, 0.29) is 28.6 Å². The summed E-state index contributed by atoms with van der Waals surface area (Å²) in [5, 5.41) is 6.50. The molecule has 2 aromatic heterocycles. The van der Waals surface area contributed by atoms with Gasteiger partial charge in [0.25, 0.3) is 5.91 Å². The lowest BCUT2D eigenvalue weighted by atomic mass is 10.0. The van der Waals surface area contributed by atoms with Crippen LogP contribution < -0.4 is 5.32 Å². The molecule has 1 amide bonds. The number of aromatic nitrogens is 4. The average Bonchev–Trinajstić information content (AvgIpc) is 3.47. The molecule has 1 aromatic carbocycles. The normalized spacial score (nSPS) is 14.1. The first-order valence-corrected chi connectivity index (χ1v) is 9.16. The lowest BCUT2D eigenvalue weighted by Crippen LogP contribution is -2.17. The number of halogens is 4. The van der Waals surface area contributed by atoms with Crippen LogP contribution in [0.3, 0.4) is 0 Å². The minimum atomic E-state index is -4.70. The number of anilines is 1. The third-order valence-corrected chi connectivity index (χ3v) is 4.78. The fraction of sp³-hybridized carbons (Fsp3) is 0.263. The topological polar surface area (TPSA) is 72.7 Å². The lowest BCUT2D eigenvalue weighted by Gasteiger charge is -2.11. The second-order valence-corrected chi connectivity index (χ2v) is 7.17. The fourth-order valence-electron chi connectivity index (χ4n) is 2.97. The number of benzene rings is 1. The summed E-state index contributed by atoms with van der Waals surface area (Å²) in [5.74, 6) is 0.0787. The summed E-state index contributed by atoms with van der Waals surface area (Å²) in [4.78, 5) is 21.1. The zero-order valence-electron chi connectivity index (χ0n) is 15.2. The molecule has 0 bridgehead atoms. The van der Waals surface area contributed by atoms with E-state index in [0.29, 0.717) is 10.8 Å². The Balaban J connectivity index is 1.75. The quantitative estimate of drug-likeness (QED) is 0.664. The molecule has 4 rings (SSSR count). The van der Waals surface area contributed by atoms with Gasteiger partial charge in [-0.1, -0.05) is 23.7 Å². The molecule has 1 saturated carbocycles. The highest BCUT2D eigenvalue weighted by Gasteiger charge is 2.40. The van der Waals surface area contributed by atoms with Crippen LogP contribution >= 0.6 is 11.6 Å². The smallest absolute Gasteiger partial charge is 0.305 e. The first kappa shape index (κ1) is 19.4. The van der Waals surface area contributed by atoms with Crippen molar-refractivity contribution in [3.8, 4) is 11.1 Å². The zero-order valence-corrected chi connectivity index (χ0v) is 15.9. The van der Waals surface area contributed by atoms with E-state index >= 15 is 0 Å². The van der Waals surface area contributed by atoms with E-state index in [1.807, 2.05) is 0 Å². The number of hydrogen-bond acceptors (Lipinski definition) is 4. The predicted octanol–water partition coefficient (Wildman–Crippen LogP) is 4.68. The molecule has 6 nitrogen and oxygen atoms in total. The molecule has 1 N–H and O–H groups in total. The summed E-state index contributed by atoms with van der Waals surface area (Å²) < 4.78 is 41.7. The molecule has 0 spiro atoms. The Labute approximate surface area is 168 Å². The Hall–Kier alpha value is -2.94. The van der Waals surface area contributed by atoms with Gasteiger partial charge in [0.2, 0.25) is 0 Å². The van der Waals surface area contributed by atoms with E-state index in [9.17, 15) is 18.0 Å². The van der Waals surface area contributed by atoms with Crippen molar-refractivity contribution < 1.29 is 18.0 Å². The van der Waals surface area contributed by atoms with E-state index < -0.39 is 17.8 Å². The Morgan fingerprint density at radius 1 is 1.21 bits per heavy atom. The highest BCUT2D eigenvalue weighted by Crippen LogP contribution is 2.41. The van der Waals surface area contributed by atoms with E-state index in [4.69, 9.17) is 11.6 Å². The van der Waals surface area contributed by atoms with E-state index in [0.717, 1.165) is 17.5 Å². The number of alkyl halides is 3. The van der Waals surface area contributed by atoms with Gasteiger partial charge in [-0.05, 0) is 36.6 Å². The number of nitrogens with one attached hydrogen (secondary N) is 1. The summed E-state index contributed by atoms with van der Waals surface area (Å²) in [7, 11) is 1.33. The molecule has 0 atom stereocenters. The molecule has 0 radical (unpaired) electrons. The van der Waals surface area contributed by atoms with Gasteiger partial charge in [0.1, 0.15) is 17.3 Å². The summed E-state index contributed by atoms with van der Waals surface area (Å²) in [5.41, 5.74) is -1.02. The fourth-order valence-corrected chi connectivity index (χ4v) is 3.09. The number of hydrogen-bond donors (Lipinski definition) is 1. The lowest BCUT2D eigenvalue weighted by molar-refractivity contribution is -0.140. The van der Waals surface area contributed by atoms with Crippen molar-refractivity contribution in [2.24, 2.45) is 7.05 Å². The monoisotopic (exact) mass is 421 g/mol. The number of carbonyl (C=O) groups excluding carboxylic acids is 1. The molecule has 0 unspecified atom stereocenters. The van der Waals surface area contributed by atoms with Gasteiger partial charge in [-0.3, -0.25) is 9.48 Å². The minimum Gasteiger partial charge on any atom is -0.305 e. The molecule has 0 saturated heterocycles. The summed E-state index contributed by atoms with van der Waals surface area (Å²) in [6.07, 6.45) is -1.31. The summed E-state index contributed by atoms with van der Waals surface area (Å²) in [6.45, 7) is 0. The first-order valence-electron chi connectivity index (χ1n) is 8.78. The van der Waals surface area contributed by atoms with E-state index in [1.54, 1.807) is 0 Å². The summed E-state index contributed by atoms with van der Waals surface area (Å²) in [6, 6.07) is 7.26. The van der Waals surface area contributed by atoms with Gasteiger partial charge >= 0.3 is 6.18 Å². The molecule has 1 fully saturated rings. The van der Waals surface area contributed by atoms with Crippen molar-refractivity contribution in [3.63, 3.8) is 0 Å². The third kappa shape index (κ3) is 3.95. The van der Waals surface area contributed by atoms with Crippen molar-refractivity contribution >= 4 is 23.3 Å². The number of rotatable bonds is 4. The molecule has 150 valence electrons. The van der Waals surface area contributed by atoms with Gasteiger partial charge < -0.3 is 5.32 Å². The van der Waals surface area contributed by atoms with Gasteiger partial charge in [-0.25, -0.2) is 9.97 Å². The summed E-state index contributed by atoms with van der Waals surface area (Å²) >= 11 is 5.86. The largest absolute Gasteiger partial charge is 0.435 e. The van der Waals surface area contributed by atoms with Gasteiger partial charge in [0.15, 0.2) is 5.69 Å². The Kier molecular flexibility index (Phi) is 4.77. The van der Waals surface area contributed by atoms with Gasteiger partial charge in [0.05, 0.1) is 5.56 Å². The molecule has 10 heteroatoms. The van der Waals surface area contributed by atoms with E-state index in [2.05, 4.69) is 20.4 Å². The Morgan fingerprint density at radius 2 is 1.90 bits per heavy atom. The third-order valence-electron chi connectivity index (χ3n) is 4.53. The zero-order chi connectivity index (χ0) is 20.8. The SMILES string of the molecule is Cn1nc(C(F)(F)F)c(-c2ccc(Cl)cc2)c1NC(=O)c1ccnc(C2CC2)n1. The molecule has 2 heterocycles. The van der Waals surface area contributed by atoms with Crippen LogP contribution in [0.5, 0.6) is 0 Å². The van der Waals surface area contributed by atoms with Gasteiger partial charge in [0, 0.05) is 24.2 Å². The number of nitrogens with zero attached hydrogens (tertiary/aromatic N) is 4. The maximum absolute atomic E-state index is 13.6. The number of aryl methyl sites for hydroxylation is 1. The van der Waals surface area contributed by atoms with Crippen LogP contribution in [0.25, 0.3) is 11.1 Å². The van der Waals surface area contributed by atoms with Crippen molar-refractivity contribution in [2.75, 3.05) is 5.32 Å². The van der Waals surface area contributed by atoms with Gasteiger partial charge in [-0.15, -0.1) is 0 Å². The van der Waals surface area contributed by atoms with Crippen LogP contribution in [0.15, 0.2) is 36.5 Å². The minimum absolute atomic E-state index is 0.0821. The highest BCUT2D eigenvalue weighted by atomic mass is 35.5. The Morgan fingerprint density at radius 3 is 2.52 bits per heavy atom. The van der Waals surface area contributed by atoms with Crippen LogP contribution in [-0.4, -0.2) is 25.7 Å². The Bertz CT molecular complexity index is 1070.